The van der Waals surface area contributed by atoms with E-state index in [0.717, 1.165) is 12.0 Å². The number of benzene rings is 1. The van der Waals surface area contributed by atoms with Gasteiger partial charge in [0.1, 0.15) is 17.6 Å². The number of hydrogen-bond donors (Lipinski definition) is 1. The van der Waals surface area contributed by atoms with Crippen LogP contribution < -0.4 is 0 Å². The van der Waals surface area contributed by atoms with Gasteiger partial charge in [-0.15, -0.1) is 0 Å². The molecular weight excluding hydrogens is 342 g/mol. The minimum absolute atomic E-state index is 0.0894. The number of sulfonamides is 1. The first-order valence-electron chi connectivity index (χ1n) is 8.75. The minimum atomic E-state index is -3.71. The number of fused-ring (bicyclic) bond motifs is 2. The molecule has 1 unspecified atom stereocenters. The number of rotatable bonds is 2. The van der Waals surface area contributed by atoms with Gasteiger partial charge in [-0.2, -0.15) is 4.31 Å². The Morgan fingerprint density at radius 2 is 1.92 bits per heavy atom. The Kier molecular flexibility index (Phi) is 2.81. The van der Waals surface area contributed by atoms with Crippen LogP contribution in [0.3, 0.4) is 0 Å². The number of carbonyl (C=O) groups excluding carboxylic acids is 1. The van der Waals surface area contributed by atoms with E-state index in [1.165, 1.54) is 4.31 Å². The molecule has 2 saturated carbocycles. The zero-order chi connectivity index (χ0) is 17.8. The van der Waals surface area contributed by atoms with E-state index in [9.17, 15) is 18.3 Å². The molecule has 6 nitrogen and oxygen atoms in total. The third-order valence-electron chi connectivity index (χ3n) is 6.84. The molecule has 5 rings (SSSR count). The lowest BCUT2D eigenvalue weighted by Gasteiger charge is -2.37. The number of esters is 1. The Morgan fingerprint density at radius 1 is 1.24 bits per heavy atom. The predicted molar refractivity (Wildman–Crippen MR) is 88.1 cm³/mol. The van der Waals surface area contributed by atoms with Crippen LogP contribution in [0.1, 0.15) is 31.7 Å². The maximum absolute atomic E-state index is 13.2. The molecule has 4 fully saturated rings. The van der Waals surface area contributed by atoms with Crippen molar-refractivity contribution in [2.75, 3.05) is 0 Å². The second-order valence-corrected chi connectivity index (χ2v) is 10.00. The summed E-state index contributed by atoms with van der Waals surface area (Å²) in [6.07, 6.45) is 1.52. The Morgan fingerprint density at radius 3 is 2.60 bits per heavy atom. The van der Waals surface area contributed by atoms with Crippen molar-refractivity contribution in [1.29, 1.82) is 0 Å². The summed E-state index contributed by atoms with van der Waals surface area (Å²) in [7, 11) is -3.71. The summed E-state index contributed by atoms with van der Waals surface area (Å²) in [5, 5.41) is 11.2. The monoisotopic (exact) mass is 363 g/mol. The molecule has 2 heterocycles. The summed E-state index contributed by atoms with van der Waals surface area (Å²) in [4.78, 5) is 12.7. The smallest absolute Gasteiger partial charge is 0.314 e. The van der Waals surface area contributed by atoms with Crippen LogP contribution in [0.4, 0.5) is 0 Å². The summed E-state index contributed by atoms with van der Waals surface area (Å²) in [5.74, 6) is -1.31. The van der Waals surface area contributed by atoms with Crippen LogP contribution in [0, 0.1) is 18.8 Å². The fourth-order valence-corrected chi connectivity index (χ4v) is 7.65. The zero-order valence-electron chi connectivity index (χ0n) is 14.2. The van der Waals surface area contributed by atoms with Crippen LogP contribution in [0.5, 0.6) is 0 Å². The van der Waals surface area contributed by atoms with Gasteiger partial charge in [0.15, 0.2) is 0 Å². The molecule has 7 atom stereocenters. The van der Waals surface area contributed by atoms with Gasteiger partial charge in [-0.25, -0.2) is 8.42 Å². The summed E-state index contributed by atoms with van der Waals surface area (Å²) < 4.78 is 33.2. The lowest BCUT2D eigenvalue weighted by molar-refractivity contribution is -0.144. The van der Waals surface area contributed by atoms with Crippen LogP contribution in [0.15, 0.2) is 29.2 Å². The number of nitrogens with zero attached hydrogens (tertiary/aromatic N) is 1. The third kappa shape index (κ3) is 1.72. The second kappa shape index (κ2) is 4.45. The van der Waals surface area contributed by atoms with E-state index in [1.54, 1.807) is 24.3 Å². The van der Waals surface area contributed by atoms with Crippen molar-refractivity contribution in [3.8, 4) is 0 Å². The van der Waals surface area contributed by atoms with E-state index in [1.807, 2.05) is 13.8 Å². The molecule has 2 saturated heterocycles. The molecule has 134 valence electrons. The molecule has 0 aromatic heterocycles. The van der Waals surface area contributed by atoms with Gasteiger partial charge in [0.25, 0.3) is 0 Å². The maximum atomic E-state index is 13.2. The molecule has 0 amide bonds. The normalized spacial score (nSPS) is 47.2. The molecule has 25 heavy (non-hydrogen) atoms. The highest BCUT2D eigenvalue weighted by Crippen LogP contribution is 2.66. The SMILES string of the molecule is Cc1ccc(S(=O)(=O)N2[C@H]3[C@@H]4C(=O)O[C@@H]5CC[C@H](C[C@]32C)[C@@]54O)cc1. The zero-order valence-corrected chi connectivity index (χ0v) is 15.0. The van der Waals surface area contributed by atoms with Crippen molar-refractivity contribution in [2.45, 2.75) is 61.3 Å². The Labute approximate surface area is 146 Å². The van der Waals surface area contributed by atoms with Crippen molar-refractivity contribution >= 4 is 16.0 Å². The largest absolute Gasteiger partial charge is 0.459 e. The van der Waals surface area contributed by atoms with Crippen LogP contribution in [-0.2, 0) is 19.6 Å². The minimum Gasteiger partial charge on any atom is -0.459 e. The van der Waals surface area contributed by atoms with Crippen LogP contribution in [0.2, 0.25) is 0 Å². The molecule has 0 spiro atoms. The lowest BCUT2D eigenvalue weighted by Crippen LogP contribution is -2.53. The van der Waals surface area contributed by atoms with Gasteiger partial charge in [-0.1, -0.05) is 17.7 Å². The molecule has 4 aliphatic rings. The van der Waals surface area contributed by atoms with Gasteiger partial charge in [0.05, 0.1) is 16.5 Å². The molecule has 0 radical (unpaired) electrons. The first-order valence-corrected chi connectivity index (χ1v) is 10.2. The van der Waals surface area contributed by atoms with Gasteiger partial charge in [-0.3, -0.25) is 4.79 Å². The first-order chi connectivity index (χ1) is 11.7. The highest BCUT2D eigenvalue weighted by atomic mass is 32.2. The summed E-state index contributed by atoms with van der Waals surface area (Å²) in [6.45, 7) is 3.79. The van der Waals surface area contributed by atoms with E-state index < -0.39 is 45.2 Å². The van der Waals surface area contributed by atoms with Gasteiger partial charge < -0.3 is 9.84 Å². The van der Waals surface area contributed by atoms with Gasteiger partial charge in [0.2, 0.25) is 10.0 Å². The van der Waals surface area contributed by atoms with Crippen molar-refractivity contribution in [3.63, 3.8) is 0 Å². The quantitative estimate of drug-likeness (QED) is 0.631. The molecular formula is C18H21NO5S. The molecule has 7 heteroatoms. The van der Waals surface area contributed by atoms with E-state index >= 15 is 0 Å². The van der Waals surface area contributed by atoms with Gasteiger partial charge in [0, 0.05) is 0 Å². The molecule has 2 aliphatic carbocycles. The van der Waals surface area contributed by atoms with Crippen molar-refractivity contribution in [1.82, 2.24) is 4.31 Å². The predicted octanol–water partition coefficient (Wildman–Crippen LogP) is 1.21. The summed E-state index contributed by atoms with van der Waals surface area (Å²) >= 11 is 0. The molecule has 0 bridgehead atoms. The fourth-order valence-electron chi connectivity index (χ4n) is 5.61. The van der Waals surface area contributed by atoms with E-state index in [-0.39, 0.29) is 10.8 Å². The second-order valence-electron chi connectivity index (χ2n) is 8.18. The lowest BCUT2D eigenvalue weighted by atomic mass is 9.67. The van der Waals surface area contributed by atoms with Crippen molar-refractivity contribution in [3.05, 3.63) is 29.8 Å². The summed E-state index contributed by atoms with van der Waals surface area (Å²) in [6, 6.07) is 6.22. The molecule has 1 aromatic rings. The van der Waals surface area contributed by atoms with Crippen molar-refractivity contribution in [2.24, 2.45) is 11.8 Å². The number of aryl methyl sites for hydroxylation is 1. The standard InChI is InChI=1S/C18H21NO5S/c1-10-3-6-12(7-4-10)25(22,23)19-15-14-16(20)24-13-8-5-11(18(13,14)21)9-17(15,19)2/h3-4,6-7,11,13-15,21H,5,8-9H2,1-2H3/t11-,13-,14-,15+,17-,18-,19?/m1/s1. The topological polar surface area (TPSA) is 83.7 Å². The van der Waals surface area contributed by atoms with Crippen LogP contribution in [-0.4, -0.2) is 47.1 Å². The number of carbonyl (C=O) groups is 1. The Balaban J connectivity index is 1.58. The highest BCUT2D eigenvalue weighted by Gasteiger charge is 2.82. The van der Waals surface area contributed by atoms with E-state index in [0.29, 0.717) is 12.8 Å². The third-order valence-corrected chi connectivity index (χ3v) is 8.87. The Hall–Kier alpha value is -1.44. The molecule has 2 aliphatic heterocycles. The van der Waals surface area contributed by atoms with Gasteiger partial charge in [-0.05, 0) is 51.2 Å². The van der Waals surface area contributed by atoms with Crippen molar-refractivity contribution < 1.29 is 23.1 Å². The molecule has 1 N–H and O–H groups in total. The van der Waals surface area contributed by atoms with Crippen LogP contribution >= 0.6 is 0 Å². The Bertz CT molecular complexity index is 881. The first kappa shape index (κ1) is 15.8. The van der Waals surface area contributed by atoms with Gasteiger partial charge >= 0.3 is 5.97 Å². The number of aliphatic hydroxyl groups is 1. The average Bonchev–Trinajstić information content (AvgIpc) is 2.93. The van der Waals surface area contributed by atoms with E-state index in [2.05, 4.69) is 0 Å². The maximum Gasteiger partial charge on any atom is 0.314 e. The van der Waals surface area contributed by atoms with Crippen LogP contribution in [0.25, 0.3) is 0 Å². The molecule has 1 aromatic carbocycles. The number of ether oxygens (including phenoxy) is 1. The highest BCUT2D eigenvalue weighted by molar-refractivity contribution is 7.89. The fraction of sp³-hybridized carbons (Fsp3) is 0.611. The summed E-state index contributed by atoms with van der Waals surface area (Å²) in [5.41, 5.74) is -0.845. The van der Waals surface area contributed by atoms with E-state index in [4.69, 9.17) is 4.74 Å². The number of hydrogen-bond acceptors (Lipinski definition) is 5. The average molecular weight is 363 g/mol.